The Morgan fingerprint density at radius 2 is 2.21 bits per heavy atom. The smallest absolute Gasteiger partial charge is 0.120 e. The molecular formula is C16H25NO2. The first-order valence-electron chi connectivity index (χ1n) is 7.30. The van der Waals surface area contributed by atoms with Crippen molar-refractivity contribution in [3.05, 3.63) is 29.8 Å². The highest BCUT2D eigenvalue weighted by molar-refractivity contribution is 5.28. The summed E-state index contributed by atoms with van der Waals surface area (Å²) >= 11 is 0. The lowest BCUT2D eigenvalue weighted by atomic mass is 9.93. The molecule has 0 heterocycles. The molecular weight excluding hydrogens is 238 g/mol. The van der Waals surface area contributed by atoms with Crippen LogP contribution in [0, 0.1) is 0 Å². The number of aliphatic hydroxyl groups is 1. The minimum atomic E-state index is -0.123. The summed E-state index contributed by atoms with van der Waals surface area (Å²) < 4.78 is 5.70. The Balaban J connectivity index is 1.85. The van der Waals surface area contributed by atoms with Gasteiger partial charge in [-0.25, -0.2) is 0 Å². The average molecular weight is 263 g/mol. The first-order valence-corrected chi connectivity index (χ1v) is 7.30. The van der Waals surface area contributed by atoms with Crippen LogP contribution >= 0.6 is 0 Å². The van der Waals surface area contributed by atoms with Crippen molar-refractivity contribution in [1.29, 1.82) is 0 Å². The molecule has 0 spiro atoms. The van der Waals surface area contributed by atoms with Crippen molar-refractivity contribution in [2.75, 3.05) is 0 Å². The molecule has 0 aromatic heterocycles. The molecule has 0 bridgehead atoms. The first kappa shape index (κ1) is 14.4. The molecule has 2 atom stereocenters. The minimum absolute atomic E-state index is 0.123. The van der Waals surface area contributed by atoms with Crippen LogP contribution in [0.2, 0.25) is 0 Å². The molecule has 1 aliphatic rings. The lowest BCUT2D eigenvalue weighted by molar-refractivity contribution is 0.111. The summed E-state index contributed by atoms with van der Waals surface area (Å²) in [5.41, 5.74) is 1.23. The molecule has 0 aliphatic heterocycles. The zero-order valence-electron chi connectivity index (χ0n) is 11.9. The van der Waals surface area contributed by atoms with Gasteiger partial charge in [-0.3, -0.25) is 0 Å². The molecule has 0 amide bonds. The van der Waals surface area contributed by atoms with E-state index in [0.29, 0.717) is 6.04 Å². The second kappa shape index (κ2) is 6.92. The second-order valence-corrected chi connectivity index (χ2v) is 5.71. The van der Waals surface area contributed by atoms with Gasteiger partial charge < -0.3 is 15.2 Å². The van der Waals surface area contributed by atoms with E-state index >= 15 is 0 Å². The molecule has 2 N–H and O–H groups in total. The number of ether oxygens (including phenoxy) is 1. The molecule has 1 saturated carbocycles. The summed E-state index contributed by atoms with van der Waals surface area (Å²) in [6.45, 7) is 4.91. The summed E-state index contributed by atoms with van der Waals surface area (Å²) in [4.78, 5) is 0. The van der Waals surface area contributed by atoms with Gasteiger partial charge in [0.1, 0.15) is 5.75 Å². The third-order valence-electron chi connectivity index (χ3n) is 3.51. The Labute approximate surface area is 116 Å². The third kappa shape index (κ3) is 4.84. The van der Waals surface area contributed by atoms with Crippen molar-refractivity contribution in [3.8, 4) is 5.75 Å². The molecule has 106 valence electrons. The lowest BCUT2D eigenvalue weighted by Crippen LogP contribution is -2.35. The van der Waals surface area contributed by atoms with Gasteiger partial charge in [0, 0.05) is 12.6 Å². The molecule has 1 aromatic rings. The monoisotopic (exact) mass is 263 g/mol. The van der Waals surface area contributed by atoms with Gasteiger partial charge in [-0.05, 0) is 57.2 Å². The van der Waals surface area contributed by atoms with Gasteiger partial charge in [0.2, 0.25) is 0 Å². The van der Waals surface area contributed by atoms with E-state index < -0.39 is 0 Å². The lowest BCUT2D eigenvalue weighted by Gasteiger charge is -2.26. The number of hydrogen-bond donors (Lipinski definition) is 2. The molecule has 3 heteroatoms. The van der Waals surface area contributed by atoms with E-state index in [2.05, 4.69) is 17.4 Å². The maximum Gasteiger partial charge on any atom is 0.120 e. The average Bonchev–Trinajstić information content (AvgIpc) is 2.36. The standard InChI is InChI=1S/C16H25NO2/c1-12(2)19-16-8-3-5-13(9-16)11-17-14-6-4-7-15(18)10-14/h3,5,8-9,12,14-15,17-18H,4,6-7,10-11H2,1-2H3. The van der Waals surface area contributed by atoms with E-state index in [4.69, 9.17) is 4.74 Å². The summed E-state index contributed by atoms with van der Waals surface area (Å²) in [5, 5.41) is 13.2. The van der Waals surface area contributed by atoms with E-state index in [1.165, 1.54) is 12.0 Å². The van der Waals surface area contributed by atoms with Gasteiger partial charge >= 0.3 is 0 Å². The highest BCUT2D eigenvalue weighted by atomic mass is 16.5. The van der Waals surface area contributed by atoms with Crippen LogP contribution in [0.3, 0.4) is 0 Å². The van der Waals surface area contributed by atoms with Crippen molar-refractivity contribution < 1.29 is 9.84 Å². The van der Waals surface area contributed by atoms with E-state index in [9.17, 15) is 5.11 Å². The Hall–Kier alpha value is -1.06. The third-order valence-corrected chi connectivity index (χ3v) is 3.51. The van der Waals surface area contributed by atoms with E-state index in [1.807, 2.05) is 26.0 Å². The van der Waals surface area contributed by atoms with E-state index in [1.54, 1.807) is 0 Å². The summed E-state index contributed by atoms with van der Waals surface area (Å²) in [7, 11) is 0. The molecule has 0 saturated heterocycles. The fourth-order valence-corrected chi connectivity index (χ4v) is 2.61. The number of hydrogen-bond acceptors (Lipinski definition) is 3. The molecule has 19 heavy (non-hydrogen) atoms. The predicted octanol–water partition coefficient (Wildman–Crippen LogP) is 2.87. The highest BCUT2D eigenvalue weighted by Crippen LogP contribution is 2.19. The van der Waals surface area contributed by atoms with Gasteiger partial charge in [0.15, 0.2) is 0 Å². The van der Waals surface area contributed by atoms with Gasteiger partial charge in [0.05, 0.1) is 12.2 Å². The number of benzene rings is 1. The quantitative estimate of drug-likeness (QED) is 0.858. The van der Waals surface area contributed by atoms with Crippen LogP contribution in [0.1, 0.15) is 45.1 Å². The SMILES string of the molecule is CC(C)Oc1cccc(CNC2CCCC(O)C2)c1. The summed E-state index contributed by atoms with van der Waals surface area (Å²) in [6.07, 6.45) is 4.20. The fourth-order valence-electron chi connectivity index (χ4n) is 2.61. The van der Waals surface area contributed by atoms with Gasteiger partial charge in [-0.1, -0.05) is 12.1 Å². The molecule has 1 fully saturated rings. The van der Waals surface area contributed by atoms with Crippen LogP contribution in [0.4, 0.5) is 0 Å². The van der Waals surface area contributed by atoms with Gasteiger partial charge in [0.25, 0.3) is 0 Å². The topological polar surface area (TPSA) is 41.5 Å². The van der Waals surface area contributed by atoms with Crippen LogP contribution in [0.25, 0.3) is 0 Å². The Kier molecular flexibility index (Phi) is 5.23. The van der Waals surface area contributed by atoms with E-state index in [0.717, 1.165) is 31.6 Å². The summed E-state index contributed by atoms with van der Waals surface area (Å²) in [5.74, 6) is 0.929. The van der Waals surface area contributed by atoms with Gasteiger partial charge in [-0.15, -0.1) is 0 Å². The van der Waals surface area contributed by atoms with Crippen LogP contribution in [-0.4, -0.2) is 23.4 Å². The Morgan fingerprint density at radius 3 is 2.95 bits per heavy atom. The second-order valence-electron chi connectivity index (χ2n) is 5.71. The zero-order valence-corrected chi connectivity index (χ0v) is 11.9. The van der Waals surface area contributed by atoms with Crippen LogP contribution in [-0.2, 0) is 6.54 Å². The highest BCUT2D eigenvalue weighted by Gasteiger charge is 2.19. The Morgan fingerprint density at radius 1 is 1.37 bits per heavy atom. The van der Waals surface area contributed by atoms with Crippen molar-refractivity contribution >= 4 is 0 Å². The molecule has 2 rings (SSSR count). The van der Waals surface area contributed by atoms with Crippen LogP contribution in [0.15, 0.2) is 24.3 Å². The number of aliphatic hydroxyl groups excluding tert-OH is 1. The zero-order chi connectivity index (χ0) is 13.7. The van der Waals surface area contributed by atoms with Crippen LogP contribution < -0.4 is 10.1 Å². The fraction of sp³-hybridized carbons (Fsp3) is 0.625. The van der Waals surface area contributed by atoms with Crippen molar-refractivity contribution in [1.82, 2.24) is 5.32 Å². The molecule has 2 unspecified atom stereocenters. The predicted molar refractivity (Wildman–Crippen MR) is 77.3 cm³/mol. The molecule has 3 nitrogen and oxygen atoms in total. The van der Waals surface area contributed by atoms with Crippen molar-refractivity contribution in [3.63, 3.8) is 0 Å². The largest absolute Gasteiger partial charge is 0.491 e. The van der Waals surface area contributed by atoms with Crippen molar-refractivity contribution in [2.24, 2.45) is 0 Å². The Bertz CT molecular complexity index is 392. The molecule has 1 aliphatic carbocycles. The maximum atomic E-state index is 9.66. The normalized spacial score (nSPS) is 23.6. The molecule has 0 radical (unpaired) electrons. The summed E-state index contributed by atoms with van der Waals surface area (Å²) in [6, 6.07) is 8.67. The van der Waals surface area contributed by atoms with E-state index in [-0.39, 0.29) is 12.2 Å². The minimum Gasteiger partial charge on any atom is -0.491 e. The number of nitrogens with one attached hydrogen (secondary N) is 1. The first-order chi connectivity index (χ1) is 9.13. The van der Waals surface area contributed by atoms with Crippen LogP contribution in [0.5, 0.6) is 5.75 Å². The molecule has 1 aromatic carbocycles. The van der Waals surface area contributed by atoms with Gasteiger partial charge in [-0.2, -0.15) is 0 Å². The van der Waals surface area contributed by atoms with Crippen molar-refractivity contribution in [2.45, 2.75) is 64.3 Å². The maximum absolute atomic E-state index is 9.66. The number of rotatable bonds is 5.